The van der Waals surface area contributed by atoms with Gasteiger partial charge in [0.2, 0.25) is 5.91 Å². The molecule has 1 amide bonds. The summed E-state index contributed by atoms with van der Waals surface area (Å²) in [4.78, 5) is 14.5. The third-order valence-corrected chi connectivity index (χ3v) is 5.35. The largest absolute Gasteiger partial charge is 0.353 e. The lowest BCUT2D eigenvalue weighted by Gasteiger charge is -2.38. The fourth-order valence-electron chi connectivity index (χ4n) is 4.43. The number of carbonyl (C=O) groups excluding carboxylic acids is 1. The minimum absolute atomic E-state index is 0.117. The van der Waals surface area contributed by atoms with Crippen LogP contribution in [0.4, 0.5) is 0 Å². The van der Waals surface area contributed by atoms with E-state index in [4.69, 9.17) is 4.74 Å². The third-order valence-electron chi connectivity index (χ3n) is 5.35. The zero-order valence-corrected chi connectivity index (χ0v) is 11.8. The molecule has 3 fully saturated rings. The van der Waals surface area contributed by atoms with E-state index in [1.54, 1.807) is 0 Å². The molecule has 4 rings (SSSR count). The molecule has 0 N–H and O–H groups in total. The fraction of sp³-hybridized carbons (Fsp3) is 0.588. The topological polar surface area (TPSA) is 29.5 Å². The Labute approximate surface area is 119 Å². The highest BCUT2D eigenvalue weighted by molar-refractivity contribution is 5.80. The summed E-state index contributed by atoms with van der Waals surface area (Å²) >= 11 is 0. The predicted octanol–water partition coefficient (Wildman–Crippen LogP) is 3.27. The number of carbonyl (C=O) groups is 1. The van der Waals surface area contributed by atoms with Crippen LogP contribution in [0.5, 0.6) is 0 Å². The van der Waals surface area contributed by atoms with Gasteiger partial charge in [0, 0.05) is 18.8 Å². The fourth-order valence-corrected chi connectivity index (χ4v) is 4.43. The lowest BCUT2D eigenvalue weighted by atomic mass is 9.91. The maximum absolute atomic E-state index is 12.4. The van der Waals surface area contributed by atoms with Crippen LogP contribution < -0.4 is 0 Å². The number of ether oxygens (including phenoxy) is 1. The molecule has 1 saturated carbocycles. The second-order valence-corrected chi connectivity index (χ2v) is 6.33. The van der Waals surface area contributed by atoms with Crippen LogP contribution in [0.3, 0.4) is 0 Å². The van der Waals surface area contributed by atoms with Gasteiger partial charge in [-0.1, -0.05) is 43.2 Å². The predicted molar refractivity (Wildman–Crippen MR) is 75.9 cm³/mol. The molecular formula is C17H21NO2. The summed E-state index contributed by atoms with van der Waals surface area (Å²) in [5.74, 6) is 0.825. The number of fused-ring (bicyclic) bond motifs is 1. The first-order valence-corrected chi connectivity index (χ1v) is 7.82. The molecule has 2 saturated heterocycles. The molecule has 3 nitrogen and oxygen atoms in total. The first kappa shape index (κ1) is 12.4. The Bertz CT molecular complexity index is 509. The van der Waals surface area contributed by atoms with Crippen molar-refractivity contribution in [3.63, 3.8) is 0 Å². The van der Waals surface area contributed by atoms with E-state index in [1.807, 2.05) is 18.2 Å². The van der Waals surface area contributed by atoms with E-state index in [9.17, 15) is 4.79 Å². The molecular weight excluding hydrogens is 250 g/mol. The molecule has 2 aliphatic heterocycles. The van der Waals surface area contributed by atoms with Gasteiger partial charge in [0.25, 0.3) is 0 Å². The van der Waals surface area contributed by atoms with Gasteiger partial charge in [-0.25, -0.2) is 0 Å². The Hall–Kier alpha value is -1.35. The van der Waals surface area contributed by atoms with Crippen molar-refractivity contribution in [2.24, 2.45) is 5.92 Å². The zero-order valence-electron chi connectivity index (χ0n) is 11.8. The number of hydrogen-bond acceptors (Lipinski definition) is 2. The van der Waals surface area contributed by atoms with Gasteiger partial charge in [0.1, 0.15) is 5.72 Å². The maximum Gasteiger partial charge on any atom is 0.225 e. The minimum atomic E-state index is -0.284. The Kier molecular flexibility index (Phi) is 2.84. The summed E-state index contributed by atoms with van der Waals surface area (Å²) in [7, 11) is 0. The zero-order chi connectivity index (χ0) is 13.6. The maximum atomic E-state index is 12.4. The normalized spacial score (nSPS) is 33.9. The molecule has 3 aliphatic rings. The molecule has 0 spiro atoms. The Balaban J connectivity index is 1.70. The molecule has 20 heavy (non-hydrogen) atoms. The Morgan fingerprint density at radius 2 is 1.90 bits per heavy atom. The van der Waals surface area contributed by atoms with Gasteiger partial charge in [-0.05, 0) is 18.4 Å². The molecule has 0 bridgehead atoms. The van der Waals surface area contributed by atoms with Crippen LogP contribution in [-0.2, 0) is 9.53 Å². The summed E-state index contributed by atoms with van der Waals surface area (Å²) in [5.41, 5.74) is 0.927. The molecule has 2 heterocycles. The SMILES string of the molecule is O=C1CC[C@@]2(C3CCCC3)OC[C@H](c3ccccc3)N12. The van der Waals surface area contributed by atoms with Crippen molar-refractivity contribution in [3.05, 3.63) is 35.9 Å². The summed E-state index contributed by atoms with van der Waals surface area (Å²) in [6.45, 7) is 0.659. The number of benzene rings is 1. The highest BCUT2D eigenvalue weighted by Gasteiger charge is 2.58. The average molecular weight is 271 g/mol. The molecule has 3 heteroatoms. The average Bonchev–Trinajstić information content (AvgIpc) is 3.17. The number of rotatable bonds is 2. The molecule has 106 valence electrons. The van der Waals surface area contributed by atoms with Crippen molar-refractivity contribution in [2.45, 2.75) is 50.3 Å². The highest BCUT2D eigenvalue weighted by atomic mass is 16.5. The van der Waals surface area contributed by atoms with E-state index < -0.39 is 0 Å². The Morgan fingerprint density at radius 3 is 2.65 bits per heavy atom. The van der Waals surface area contributed by atoms with Crippen LogP contribution in [0.15, 0.2) is 30.3 Å². The molecule has 0 radical (unpaired) electrons. The van der Waals surface area contributed by atoms with Crippen molar-refractivity contribution < 1.29 is 9.53 Å². The van der Waals surface area contributed by atoms with Crippen LogP contribution in [0, 0.1) is 5.92 Å². The lowest BCUT2D eigenvalue weighted by molar-refractivity contribution is -0.146. The Morgan fingerprint density at radius 1 is 1.15 bits per heavy atom. The van der Waals surface area contributed by atoms with E-state index in [0.29, 0.717) is 18.9 Å². The summed E-state index contributed by atoms with van der Waals surface area (Å²) < 4.78 is 6.29. The van der Waals surface area contributed by atoms with Gasteiger partial charge in [0.15, 0.2) is 0 Å². The van der Waals surface area contributed by atoms with Crippen molar-refractivity contribution in [3.8, 4) is 0 Å². The van der Waals surface area contributed by atoms with Crippen LogP contribution >= 0.6 is 0 Å². The quantitative estimate of drug-likeness (QED) is 0.826. The van der Waals surface area contributed by atoms with E-state index in [-0.39, 0.29) is 17.7 Å². The van der Waals surface area contributed by atoms with Gasteiger partial charge in [-0.3, -0.25) is 4.79 Å². The first-order valence-electron chi connectivity index (χ1n) is 7.82. The second kappa shape index (κ2) is 4.59. The molecule has 2 atom stereocenters. The molecule has 0 unspecified atom stereocenters. The lowest BCUT2D eigenvalue weighted by Crippen LogP contribution is -2.47. The van der Waals surface area contributed by atoms with Crippen LogP contribution in [0.1, 0.15) is 50.1 Å². The van der Waals surface area contributed by atoms with Crippen molar-refractivity contribution in [1.82, 2.24) is 4.90 Å². The monoisotopic (exact) mass is 271 g/mol. The van der Waals surface area contributed by atoms with E-state index in [0.717, 1.165) is 6.42 Å². The molecule has 0 aromatic heterocycles. The first-order chi connectivity index (χ1) is 9.81. The van der Waals surface area contributed by atoms with Crippen molar-refractivity contribution >= 4 is 5.91 Å². The van der Waals surface area contributed by atoms with Gasteiger partial charge >= 0.3 is 0 Å². The molecule has 1 aliphatic carbocycles. The van der Waals surface area contributed by atoms with Crippen LogP contribution in [-0.4, -0.2) is 23.1 Å². The highest BCUT2D eigenvalue weighted by Crippen LogP contribution is 2.52. The molecule has 1 aromatic rings. The van der Waals surface area contributed by atoms with E-state index in [2.05, 4.69) is 17.0 Å². The van der Waals surface area contributed by atoms with Crippen molar-refractivity contribution in [1.29, 1.82) is 0 Å². The number of hydrogen-bond donors (Lipinski definition) is 0. The van der Waals surface area contributed by atoms with Crippen molar-refractivity contribution in [2.75, 3.05) is 6.61 Å². The van der Waals surface area contributed by atoms with E-state index >= 15 is 0 Å². The summed E-state index contributed by atoms with van der Waals surface area (Å²) in [6.07, 6.45) is 6.54. The number of nitrogens with zero attached hydrogens (tertiary/aromatic N) is 1. The molecule has 1 aromatic carbocycles. The summed E-state index contributed by atoms with van der Waals surface area (Å²) in [5, 5.41) is 0. The van der Waals surface area contributed by atoms with Gasteiger partial charge in [0.05, 0.1) is 12.6 Å². The standard InChI is InChI=1S/C17H21NO2/c19-16-10-11-17(14-8-4-5-9-14)18(16)15(12-20-17)13-6-2-1-3-7-13/h1-3,6-7,14-15H,4-5,8-12H2/t15-,17+/m1/s1. The van der Waals surface area contributed by atoms with Crippen LogP contribution in [0.2, 0.25) is 0 Å². The van der Waals surface area contributed by atoms with Gasteiger partial charge in [-0.15, -0.1) is 0 Å². The smallest absolute Gasteiger partial charge is 0.225 e. The minimum Gasteiger partial charge on any atom is -0.353 e. The summed E-state index contributed by atoms with van der Waals surface area (Å²) in [6, 6.07) is 10.5. The van der Waals surface area contributed by atoms with E-state index in [1.165, 1.54) is 31.2 Å². The second-order valence-electron chi connectivity index (χ2n) is 6.33. The van der Waals surface area contributed by atoms with Crippen LogP contribution in [0.25, 0.3) is 0 Å². The van der Waals surface area contributed by atoms with Gasteiger partial charge < -0.3 is 9.64 Å². The van der Waals surface area contributed by atoms with Gasteiger partial charge in [-0.2, -0.15) is 0 Å². The number of amides is 1. The third kappa shape index (κ3) is 1.65.